The number of amides is 1. The molecule has 0 radical (unpaired) electrons. The van der Waals surface area contributed by atoms with Crippen molar-refractivity contribution >= 4 is 16.8 Å². The highest BCUT2D eigenvalue weighted by atomic mass is 16.5. The van der Waals surface area contributed by atoms with Gasteiger partial charge in [-0.15, -0.1) is 0 Å². The first-order valence-corrected chi connectivity index (χ1v) is 8.13. The Kier molecular flexibility index (Phi) is 4.89. The third-order valence-corrected chi connectivity index (χ3v) is 3.73. The summed E-state index contributed by atoms with van der Waals surface area (Å²) in [6.07, 6.45) is 3.65. The van der Waals surface area contributed by atoms with Crippen molar-refractivity contribution < 1.29 is 13.9 Å². The molecule has 3 rings (SSSR count). The molecular weight excluding hydrogens is 304 g/mol. The molecule has 0 atom stereocenters. The summed E-state index contributed by atoms with van der Waals surface area (Å²) in [5.41, 5.74) is 1.12. The van der Waals surface area contributed by atoms with Crippen LogP contribution in [0.5, 0.6) is 5.75 Å². The van der Waals surface area contributed by atoms with Crippen molar-refractivity contribution in [2.45, 2.75) is 26.9 Å². The number of rotatable bonds is 7. The third-order valence-electron chi connectivity index (χ3n) is 3.73. The maximum atomic E-state index is 11.9. The Balaban J connectivity index is 1.62. The second kappa shape index (κ2) is 7.25. The van der Waals surface area contributed by atoms with Crippen molar-refractivity contribution in [3.05, 3.63) is 54.6 Å². The van der Waals surface area contributed by atoms with E-state index in [0.29, 0.717) is 12.5 Å². The highest BCUT2D eigenvalue weighted by Crippen LogP contribution is 2.27. The average Bonchev–Trinajstić information content (AvgIpc) is 3.21. The van der Waals surface area contributed by atoms with Crippen molar-refractivity contribution in [1.82, 2.24) is 9.88 Å². The number of carbonyl (C=O) groups is 1. The predicted octanol–water partition coefficient (Wildman–Crippen LogP) is 3.59. The van der Waals surface area contributed by atoms with Crippen molar-refractivity contribution in [3.8, 4) is 5.75 Å². The maximum absolute atomic E-state index is 11.9. The van der Waals surface area contributed by atoms with Crippen molar-refractivity contribution in [2.24, 2.45) is 5.92 Å². The summed E-state index contributed by atoms with van der Waals surface area (Å²) in [4.78, 5) is 11.9. The van der Waals surface area contributed by atoms with Crippen LogP contribution in [0.1, 0.15) is 19.6 Å². The minimum absolute atomic E-state index is 0.0187. The van der Waals surface area contributed by atoms with E-state index in [0.717, 1.165) is 29.0 Å². The lowest BCUT2D eigenvalue weighted by molar-refractivity contribution is -0.123. The van der Waals surface area contributed by atoms with E-state index in [1.165, 1.54) is 0 Å². The van der Waals surface area contributed by atoms with Crippen LogP contribution >= 0.6 is 0 Å². The fourth-order valence-corrected chi connectivity index (χ4v) is 2.67. The Morgan fingerprint density at radius 3 is 2.88 bits per heavy atom. The topological polar surface area (TPSA) is 56.4 Å². The number of furan rings is 1. The standard InChI is InChI=1S/C19H22N2O3/c1-14(2)12-21-9-8-16-17(21)6-3-7-18(16)24-13-19(22)20-11-15-5-4-10-23-15/h3-10,14H,11-13H2,1-2H3,(H,20,22). The van der Waals surface area contributed by atoms with E-state index in [-0.39, 0.29) is 12.5 Å². The Morgan fingerprint density at radius 1 is 1.25 bits per heavy atom. The first-order valence-electron chi connectivity index (χ1n) is 8.13. The Bertz CT molecular complexity index is 803. The maximum Gasteiger partial charge on any atom is 0.258 e. The Hall–Kier alpha value is -2.69. The lowest BCUT2D eigenvalue weighted by Gasteiger charge is -2.10. The minimum Gasteiger partial charge on any atom is -0.483 e. The molecule has 0 saturated heterocycles. The van der Waals surface area contributed by atoms with Gasteiger partial charge in [0.05, 0.1) is 18.3 Å². The Labute approximate surface area is 141 Å². The molecule has 0 fully saturated rings. The molecule has 0 spiro atoms. The van der Waals surface area contributed by atoms with E-state index in [9.17, 15) is 4.79 Å². The summed E-state index contributed by atoms with van der Waals surface area (Å²) >= 11 is 0. The molecule has 3 aromatic rings. The monoisotopic (exact) mass is 326 g/mol. The molecule has 24 heavy (non-hydrogen) atoms. The van der Waals surface area contributed by atoms with Crippen LogP contribution in [0.4, 0.5) is 0 Å². The molecule has 126 valence electrons. The molecule has 0 unspecified atom stereocenters. The molecule has 0 aliphatic rings. The van der Waals surface area contributed by atoms with E-state index in [1.807, 2.05) is 24.3 Å². The number of aromatic nitrogens is 1. The first kappa shape index (κ1) is 16.2. The summed E-state index contributed by atoms with van der Waals surface area (Å²) in [6, 6.07) is 11.6. The molecular formula is C19H22N2O3. The predicted molar refractivity (Wildman–Crippen MR) is 92.8 cm³/mol. The summed E-state index contributed by atoms with van der Waals surface area (Å²) in [5.74, 6) is 1.84. The van der Waals surface area contributed by atoms with Gasteiger partial charge in [-0.05, 0) is 36.2 Å². The van der Waals surface area contributed by atoms with E-state index in [1.54, 1.807) is 12.3 Å². The average molecular weight is 326 g/mol. The third kappa shape index (κ3) is 3.79. The first-order chi connectivity index (χ1) is 11.6. The largest absolute Gasteiger partial charge is 0.483 e. The number of nitrogens with one attached hydrogen (secondary N) is 1. The molecule has 5 heteroatoms. The molecule has 0 aliphatic heterocycles. The van der Waals surface area contributed by atoms with Gasteiger partial charge in [0.15, 0.2) is 6.61 Å². The zero-order valence-electron chi connectivity index (χ0n) is 14.0. The van der Waals surface area contributed by atoms with Crippen LogP contribution in [-0.2, 0) is 17.9 Å². The van der Waals surface area contributed by atoms with Crippen LogP contribution < -0.4 is 10.1 Å². The zero-order chi connectivity index (χ0) is 16.9. The summed E-state index contributed by atoms with van der Waals surface area (Å²) in [5, 5.41) is 3.80. The van der Waals surface area contributed by atoms with Gasteiger partial charge in [0.2, 0.25) is 0 Å². The molecule has 2 aromatic heterocycles. The SMILES string of the molecule is CC(C)Cn1ccc2c(OCC(=O)NCc3ccco3)cccc21. The van der Waals surface area contributed by atoms with Crippen LogP contribution in [-0.4, -0.2) is 17.1 Å². The fourth-order valence-electron chi connectivity index (χ4n) is 2.67. The van der Waals surface area contributed by atoms with E-state index >= 15 is 0 Å². The van der Waals surface area contributed by atoms with Gasteiger partial charge in [-0.25, -0.2) is 0 Å². The lowest BCUT2D eigenvalue weighted by Crippen LogP contribution is -2.28. The minimum atomic E-state index is -0.176. The number of hydrogen-bond acceptors (Lipinski definition) is 3. The second-order valence-corrected chi connectivity index (χ2v) is 6.20. The van der Waals surface area contributed by atoms with Gasteiger partial charge < -0.3 is 19.0 Å². The molecule has 2 heterocycles. The summed E-state index contributed by atoms with van der Waals surface area (Å²) < 4.78 is 13.1. The number of benzene rings is 1. The number of fused-ring (bicyclic) bond motifs is 1. The van der Waals surface area contributed by atoms with Gasteiger partial charge in [0.1, 0.15) is 11.5 Å². The van der Waals surface area contributed by atoms with Crippen molar-refractivity contribution in [2.75, 3.05) is 6.61 Å². The normalized spacial score (nSPS) is 11.1. The van der Waals surface area contributed by atoms with Crippen LogP contribution in [0.15, 0.2) is 53.3 Å². The van der Waals surface area contributed by atoms with Crippen molar-refractivity contribution in [1.29, 1.82) is 0 Å². The quantitative estimate of drug-likeness (QED) is 0.722. The fraction of sp³-hybridized carbons (Fsp3) is 0.316. The van der Waals surface area contributed by atoms with Gasteiger partial charge in [-0.1, -0.05) is 19.9 Å². The van der Waals surface area contributed by atoms with Gasteiger partial charge >= 0.3 is 0 Å². The zero-order valence-corrected chi connectivity index (χ0v) is 14.0. The van der Waals surface area contributed by atoms with Gasteiger partial charge in [0, 0.05) is 18.1 Å². The van der Waals surface area contributed by atoms with E-state index in [4.69, 9.17) is 9.15 Å². The van der Waals surface area contributed by atoms with Gasteiger partial charge in [0.25, 0.3) is 5.91 Å². The highest BCUT2D eigenvalue weighted by Gasteiger charge is 2.09. The van der Waals surface area contributed by atoms with Crippen molar-refractivity contribution in [3.63, 3.8) is 0 Å². The molecule has 5 nitrogen and oxygen atoms in total. The molecule has 0 bridgehead atoms. The summed E-state index contributed by atoms with van der Waals surface area (Å²) in [7, 11) is 0. The van der Waals surface area contributed by atoms with Crippen LogP contribution in [0, 0.1) is 5.92 Å². The number of ether oxygens (including phenoxy) is 1. The smallest absolute Gasteiger partial charge is 0.258 e. The van der Waals surface area contributed by atoms with Crippen LogP contribution in [0.3, 0.4) is 0 Å². The molecule has 1 aromatic carbocycles. The van der Waals surface area contributed by atoms with Gasteiger partial charge in [-0.2, -0.15) is 0 Å². The van der Waals surface area contributed by atoms with E-state index < -0.39 is 0 Å². The van der Waals surface area contributed by atoms with Crippen LogP contribution in [0.2, 0.25) is 0 Å². The Morgan fingerprint density at radius 2 is 2.12 bits per heavy atom. The second-order valence-electron chi connectivity index (χ2n) is 6.20. The molecule has 1 amide bonds. The van der Waals surface area contributed by atoms with Crippen LogP contribution in [0.25, 0.3) is 10.9 Å². The highest BCUT2D eigenvalue weighted by molar-refractivity contribution is 5.87. The molecule has 0 aliphatic carbocycles. The number of carbonyl (C=O) groups excluding carboxylic acids is 1. The number of nitrogens with zero attached hydrogens (tertiary/aromatic N) is 1. The number of hydrogen-bond donors (Lipinski definition) is 1. The summed E-state index contributed by atoms with van der Waals surface area (Å²) in [6.45, 7) is 5.68. The molecule has 0 saturated carbocycles. The molecule has 1 N–H and O–H groups in total. The lowest BCUT2D eigenvalue weighted by atomic mass is 10.2. The van der Waals surface area contributed by atoms with Gasteiger partial charge in [-0.3, -0.25) is 4.79 Å². The van der Waals surface area contributed by atoms with E-state index in [2.05, 4.69) is 36.0 Å².